The molecule has 1 aromatic carbocycles. The Morgan fingerprint density at radius 2 is 1.75 bits per heavy atom. The summed E-state index contributed by atoms with van der Waals surface area (Å²) in [4.78, 5) is 12.1. The maximum Gasteiger partial charge on any atom is 0.407 e. The lowest BCUT2D eigenvalue weighted by Crippen LogP contribution is -2.52. The van der Waals surface area contributed by atoms with E-state index in [9.17, 15) is 15.0 Å². The molecule has 0 spiro atoms. The highest BCUT2D eigenvalue weighted by Crippen LogP contribution is 2.17. The highest BCUT2D eigenvalue weighted by Gasteiger charge is 2.31. The van der Waals surface area contributed by atoms with Crippen molar-refractivity contribution < 1.29 is 19.7 Å². The predicted octanol–water partition coefficient (Wildman–Crippen LogP) is 2.89. The first kappa shape index (κ1) is 20.5. The minimum atomic E-state index is -1.08. The number of aliphatic hydroxyl groups excluding tert-OH is 2. The van der Waals surface area contributed by atoms with Crippen molar-refractivity contribution in [2.75, 3.05) is 0 Å². The van der Waals surface area contributed by atoms with Gasteiger partial charge in [0.2, 0.25) is 0 Å². The van der Waals surface area contributed by atoms with Crippen LogP contribution in [0.2, 0.25) is 0 Å². The monoisotopic (exact) mass is 337 g/mol. The molecule has 0 heterocycles. The number of carbonyl (C=O) groups excluding carboxylic acids is 1. The lowest BCUT2D eigenvalue weighted by Gasteiger charge is -2.31. The van der Waals surface area contributed by atoms with Crippen LogP contribution in [0.15, 0.2) is 30.3 Å². The quantitative estimate of drug-likeness (QED) is 0.715. The Balaban J connectivity index is 2.88. The zero-order chi connectivity index (χ0) is 18.3. The van der Waals surface area contributed by atoms with Crippen molar-refractivity contribution in [3.63, 3.8) is 0 Å². The van der Waals surface area contributed by atoms with Crippen molar-refractivity contribution >= 4 is 6.09 Å². The Labute approximate surface area is 145 Å². The third-order valence-corrected chi connectivity index (χ3v) is 3.99. The van der Waals surface area contributed by atoms with Crippen LogP contribution in [0.4, 0.5) is 4.79 Å². The van der Waals surface area contributed by atoms with E-state index in [0.29, 0.717) is 6.42 Å². The fraction of sp³-hybridized carbons (Fsp3) is 0.632. The van der Waals surface area contributed by atoms with Crippen LogP contribution in [0.1, 0.15) is 46.6 Å². The number of ether oxygens (including phenoxy) is 1. The van der Waals surface area contributed by atoms with Crippen LogP contribution in [0, 0.1) is 5.92 Å². The van der Waals surface area contributed by atoms with E-state index >= 15 is 0 Å². The normalized spacial score (nSPS) is 16.8. The summed E-state index contributed by atoms with van der Waals surface area (Å²) in [5, 5.41) is 23.6. The molecule has 1 unspecified atom stereocenters. The van der Waals surface area contributed by atoms with Gasteiger partial charge in [-0.25, -0.2) is 4.79 Å². The van der Waals surface area contributed by atoms with Gasteiger partial charge in [0.15, 0.2) is 0 Å². The van der Waals surface area contributed by atoms with E-state index in [1.54, 1.807) is 20.8 Å². The van der Waals surface area contributed by atoms with Gasteiger partial charge in [0.05, 0.1) is 12.1 Å². The number of nitrogens with one attached hydrogen (secondary N) is 1. The summed E-state index contributed by atoms with van der Waals surface area (Å²) >= 11 is 0. The second-order valence-electron chi connectivity index (χ2n) is 7.31. The van der Waals surface area contributed by atoms with Gasteiger partial charge >= 0.3 is 6.09 Å². The Morgan fingerprint density at radius 1 is 1.17 bits per heavy atom. The Hall–Kier alpha value is -1.59. The van der Waals surface area contributed by atoms with Crippen molar-refractivity contribution in [3.8, 4) is 0 Å². The molecule has 0 aliphatic heterocycles. The zero-order valence-corrected chi connectivity index (χ0v) is 15.3. The highest BCUT2D eigenvalue weighted by molar-refractivity contribution is 5.68. The van der Waals surface area contributed by atoms with E-state index in [-0.39, 0.29) is 5.92 Å². The maximum atomic E-state index is 12.1. The fourth-order valence-electron chi connectivity index (χ4n) is 2.40. The molecular weight excluding hydrogens is 306 g/mol. The van der Waals surface area contributed by atoms with Crippen molar-refractivity contribution in [3.05, 3.63) is 35.9 Å². The second-order valence-corrected chi connectivity index (χ2v) is 7.31. The van der Waals surface area contributed by atoms with E-state index < -0.39 is 29.9 Å². The molecule has 0 fully saturated rings. The molecule has 0 bridgehead atoms. The number of amides is 1. The van der Waals surface area contributed by atoms with E-state index in [1.807, 2.05) is 44.2 Å². The summed E-state index contributed by atoms with van der Waals surface area (Å²) in [5.74, 6) is -0.0706. The van der Waals surface area contributed by atoms with Crippen molar-refractivity contribution in [1.82, 2.24) is 5.32 Å². The van der Waals surface area contributed by atoms with Gasteiger partial charge in [-0.3, -0.25) is 0 Å². The summed E-state index contributed by atoms with van der Waals surface area (Å²) < 4.78 is 5.28. The molecule has 0 radical (unpaired) electrons. The van der Waals surface area contributed by atoms with Gasteiger partial charge in [-0.1, -0.05) is 50.6 Å². The van der Waals surface area contributed by atoms with Crippen LogP contribution in [0.5, 0.6) is 0 Å². The Bertz CT molecular complexity index is 498. The lowest BCUT2D eigenvalue weighted by atomic mass is 9.90. The summed E-state index contributed by atoms with van der Waals surface area (Å²) in [6.07, 6.45) is -1.44. The number of hydrogen-bond acceptors (Lipinski definition) is 4. The first-order valence-corrected chi connectivity index (χ1v) is 8.53. The maximum absolute atomic E-state index is 12.1. The van der Waals surface area contributed by atoms with Gasteiger partial charge in [-0.15, -0.1) is 0 Å². The average molecular weight is 337 g/mol. The van der Waals surface area contributed by atoms with Gasteiger partial charge in [-0.05, 0) is 38.7 Å². The molecule has 1 aromatic rings. The first-order chi connectivity index (χ1) is 11.1. The largest absolute Gasteiger partial charge is 0.444 e. The number of alkyl carbamates (subject to hydrolysis) is 1. The van der Waals surface area contributed by atoms with Gasteiger partial charge in [0, 0.05) is 0 Å². The molecule has 1 rings (SSSR count). The summed E-state index contributed by atoms with van der Waals surface area (Å²) in [6, 6.07) is 8.92. The molecule has 1 amide bonds. The molecule has 0 aliphatic carbocycles. The molecule has 24 heavy (non-hydrogen) atoms. The summed E-state index contributed by atoms with van der Waals surface area (Å²) in [5.41, 5.74) is 0.343. The average Bonchev–Trinajstić information content (AvgIpc) is 2.51. The van der Waals surface area contributed by atoms with Crippen LogP contribution in [-0.2, 0) is 11.2 Å². The number of aliphatic hydroxyl groups is 2. The minimum Gasteiger partial charge on any atom is -0.444 e. The van der Waals surface area contributed by atoms with Crippen LogP contribution in [0.25, 0.3) is 0 Å². The third-order valence-electron chi connectivity index (χ3n) is 3.99. The summed E-state index contributed by atoms with van der Waals surface area (Å²) in [7, 11) is 0. The van der Waals surface area contributed by atoms with Crippen LogP contribution in [0.3, 0.4) is 0 Å². The van der Waals surface area contributed by atoms with E-state index in [0.717, 1.165) is 12.0 Å². The molecule has 0 saturated heterocycles. The van der Waals surface area contributed by atoms with Crippen LogP contribution in [-0.4, -0.2) is 40.2 Å². The van der Waals surface area contributed by atoms with E-state index in [4.69, 9.17) is 4.74 Å². The smallest absolute Gasteiger partial charge is 0.407 e. The molecule has 5 heteroatoms. The molecule has 0 aliphatic rings. The molecule has 0 saturated carbocycles. The predicted molar refractivity (Wildman–Crippen MR) is 94.8 cm³/mol. The standard InChI is InChI=1S/C19H31NO4/c1-6-13(2)16(21)17(22)15(12-14-10-8-7-9-11-14)20-18(23)24-19(3,4)5/h7-11,13,15-17,21-22H,6,12H2,1-5H3,(H,20,23)/t13?,15-,16-,17+/m0/s1. The van der Waals surface area contributed by atoms with Crippen molar-refractivity contribution in [2.45, 2.75) is 71.3 Å². The molecule has 136 valence electrons. The number of hydrogen-bond donors (Lipinski definition) is 3. The topological polar surface area (TPSA) is 78.8 Å². The van der Waals surface area contributed by atoms with E-state index in [1.165, 1.54) is 0 Å². The third kappa shape index (κ3) is 6.89. The summed E-state index contributed by atoms with van der Waals surface area (Å²) in [6.45, 7) is 9.17. The fourth-order valence-corrected chi connectivity index (χ4v) is 2.40. The minimum absolute atomic E-state index is 0.0706. The zero-order valence-electron chi connectivity index (χ0n) is 15.3. The molecule has 4 atom stereocenters. The molecule has 0 aromatic heterocycles. The Morgan fingerprint density at radius 3 is 2.25 bits per heavy atom. The highest BCUT2D eigenvalue weighted by atomic mass is 16.6. The molecular formula is C19H31NO4. The first-order valence-electron chi connectivity index (χ1n) is 8.53. The van der Waals surface area contributed by atoms with Crippen LogP contribution < -0.4 is 5.32 Å². The van der Waals surface area contributed by atoms with Gasteiger partial charge in [0.1, 0.15) is 11.7 Å². The molecule has 3 N–H and O–H groups in total. The van der Waals surface area contributed by atoms with Crippen molar-refractivity contribution in [1.29, 1.82) is 0 Å². The number of carbonyl (C=O) groups is 1. The molecule has 5 nitrogen and oxygen atoms in total. The number of rotatable bonds is 7. The van der Waals surface area contributed by atoms with Crippen molar-refractivity contribution in [2.24, 2.45) is 5.92 Å². The van der Waals surface area contributed by atoms with Crippen LogP contribution >= 0.6 is 0 Å². The number of benzene rings is 1. The SMILES string of the molecule is CCC(C)[C@H](O)[C@H](O)[C@H](Cc1ccccc1)NC(=O)OC(C)(C)C. The van der Waals surface area contributed by atoms with Gasteiger partial charge in [-0.2, -0.15) is 0 Å². The van der Waals surface area contributed by atoms with Gasteiger partial charge < -0.3 is 20.3 Å². The Kier molecular flexibility index (Phi) is 7.70. The lowest BCUT2D eigenvalue weighted by molar-refractivity contribution is -0.0348. The van der Waals surface area contributed by atoms with E-state index in [2.05, 4.69) is 5.32 Å². The second kappa shape index (κ2) is 9.04. The van der Waals surface area contributed by atoms with Gasteiger partial charge in [0.25, 0.3) is 0 Å².